The van der Waals surface area contributed by atoms with Gasteiger partial charge in [-0.25, -0.2) is 4.39 Å². The monoisotopic (exact) mass is 477 g/mol. The first-order chi connectivity index (χ1) is 16.1. The minimum absolute atomic E-state index is 0.0758. The van der Waals surface area contributed by atoms with Crippen LogP contribution in [0.3, 0.4) is 0 Å². The Balaban J connectivity index is 0.000000182. The van der Waals surface area contributed by atoms with Crippen molar-refractivity contribution in [1.29, 1.82) is 0 Å². The van der Waals surface area contributed by atoms with Gasteiger partial charge in [0.2, 0.25) is 11.8 Å². The van der Waals surface area contributed by atoms with Crippen LogP contribution in [0.4, 0.5) is 4.39 Å². The summed E-state index contributed by atoms with van der Waals surface area (Å²) < 4.78 is 23.2. The van der Waals surface area contributed by atoms with E-state index in [-0.39, 0.29) is 17.6 Å². The van der Waals surface area contributed by atoms with Crippen molar-refractivity contribution in [3.8, 4) is 11.5 Å². The summed E-state index contributed by atoms with van der Waals surface area (Å²) in [7, 11) is 1.66. The number of nitrogens with zero attached hydrogens (tertiary/aromatic N) is 1. The smallest absolute Gasteiger partial charge is 0.233 e. The van der Waals surface area contributed by atoms with Gasteiger partial charge in [0.05, 0.1) is 25.5 Å². The highest BCUT2D eigenvalue weighted by Crippen LogP contribution is 2.20. The summed E-state index contributed by atoms with van der Waals surface area (Å²) in [5, 5.41) is 5.38. The number of amides is 2. The van der Waals surface area contributed by atoms with Crippen LogP contribution in [0.1, 0.15) is 6.42 Å². The minimum Gasteiger partial charge on any atom is -0.457 e. The number of hydrogen-bond acceptors (Lipinski definition) is 6. The zero-order valence-corrected chi connectivity index (χ0v) is 19.7. The van der Waals surface area contributed by atoms with Crippen LogP contribution in [0.5, 0.6) is 11.5 Å². The Morgan fingerprint density at radius 3 is 2.45 bits per heavy atom. The number of ether oxygens (including phenoxy) is 2. The molecule has 2 aliphatic rings. The lowest BCUT2D eigenvalue weighted by Gasteiger charge is -2.25. The Hall–Kier alpha value is -2.62. The van der Waals surface area contributed by atoms with E-state index in [1.807, 2.05) is 30.3 Å². The molecule has 4 rings (SSSR count). The van der Waals surface area contributed by atoms with Gasteiger partial charge in [-0.1, -0.05) is 18.2 Å². The number of thioether (sulfide) groups is 1. The molecule has 2 amide bonds. The van der Waals surface area contributed by atoms with E-state index >= 15 is 0 Å². The van der Waals surface area contributed by atoms with Gasteiger partial charge in [-0.3, -0.25) is 14.5 Å². The van der Waals surface area contributed by atoms with Crippen molar-refractivity contribution in [2.45, 2.75) is 6.42 Å². The quantitative estimate of drug-likeness (QED) is 0.705. The lowest BCUT2D eigenvalue weighted by atomic mass is 10.3. The third kappa shape index (κ3) is 12.3. The Morgan fingerprint density at radius 2 is 1.79 bits per heavy atom. The van der Waals surface area contributed by atoms with Crippen molar-refractivity contribution in [2.24, 2.45) is 0 Å². The molecule has 2 heterocycles. The van der Waals surface area contributed by atoms with Gasteiger partial charge in [-0.05, 0) is 48.6 Å². The maximum absolute atomic E-state index is 12.6. The van der Waals surface area contributed by atoms with Gasteiger partial charge in [0.15, 0.2) is 0 Å². The molecule has 2 fully saturated rings. The summed E-state index contributed by atoms with van der Waals surface area (Å²) in [4.78, 5) is 23.5. The molecule has 9 heteroatoms. The van der Waals surface area contributed by atoms with Gasteiger partial charge < -0.3 is 20.1 Å². The Kier molecular flexibility index (Phi) is 13.0. The second kappa shape index (κ2) is 16.1. The SMILES string of the molecule is CNC(=O)CN1CCOCC1.Fc1ccc(Oc2ccccc2)cc1.O=C1CSCCCN1. The standard InChI is InChI=1S/C12H9FO.C7H14N2O2.C5H9NOS/c13-10-6-8-12(9-7-10)14-11-4-2-1-3-5-11;1-8-7(10)6-9-2-4-11-5-3-9;7-5-4-8-3-1-2-6-5/h1-9H;2-6H2,1H3,(H,8,10);1-4H2,(H,6,7). The van der Waals surface area contributed by atoms with Crippen LogP contribution in [0.2, 0.25) is 0 Å². The number of rotatable bonds is 4. The minimum atomic E-state index is -0.259. The number of para-hydroxylation sites is 1. The Bertz CT molecular complexity index is 808. The summed E-state index contributed by atoms with van der Waals surface area (Å²) in [6, 6.07) is 15.3. The van der Waals surface area contributed by atoms with Crippen molar-refractivity contribution in [1.82, 2.24) is 15.5 Å². The molecule has 2 aromatic rings. The molecule has 0 saturated carbocycles. The van der Waals surface area contributed by atoms with E-state index in [0.29, 0.717) is 18.0 Å². The van der Waals surface area contributed by atoms with Crippen molar-refractivity contribution in [3.63, 3.8) is 0 Å². The van der Waals surface area contributed by atoms with E-state index in [1.165, 1.54) is 12.1 Å². The highest BCUT2D eigenvalue weighted by Gasteiger charge is 2.12. The highest BCUT2D eigenvalue weighted by atomic mass is 32.2. The summed E-state index contributed by atoms with van der Waals surface area (Å²) in [6.07, 6.45) is 1.12. The van der Waals surface area contributed by atoms with Crippen molar-refractivity contribution >= 4 is 23.6 Å². The fourth-order valence-corrected chi connectivity index (χ4v) is 3.57. The highest BCUT2D eigenvalue weighted by molar-refractivity contribution is 7.99. The van der Waals surface area contributed by atoms with Gasteiger partial charge in [-0.15, -0.1) is 0 Å². The Labute approximate surface area is 199 Å². The number of likely N-dealkylation sites (N-methyl/N-ethyl adjacent to an activating group) is 1. The molecule has 2 aromatic carbocycles. The average Bonchev–Trinajstić information content (AvgIpc) is 3.10. The number of carbonyl (C=O) groups is 2. The normalized spacial score (nSPS) is 16.0. The van der Waals surface area contributed by atoms with Crippen LogP contribution < -0.4 is 15.4 Å². The third-order valence-electron chi connectivity index (χ3n) is 4.56. The number of halogens is 1. The van der Waals surface area contributed by atoms with E-state index in [0.717, 1.165) is 50.8 Å². The zero-order valence-electron chi connectivity index (χ0n) is 18.9. The zero-order chi connectivity index (χ0) is 23.7. The molecule has 0 bridgehead atoms. The first-order valence-corrected chi connectivity index (χ1v) is 12.1. The maximum Gasteiger partial charge on any atom is 0.233 e. The number of benzene rings is 2. The molecule has 0 radical (unpaired) electrons. The first kappa shape index (κ1) is 26.6. The van der Waals surface area contributed by atoms with E-state index in [4.69, 9.17) is 9.47 Å². The lowest BCUT2D eigenvalue weighted by Crippen LogP contribution is -2.42. The van der Waals surface area contributed by atoms with E-state index < -0.39 is 0 Å². The third-order valence-corrected chi connectivity index (χ3v) is 5.61. The van der Waals surface area contributed by atoms with E-state index in [9.17, 15) is 14.0 Å². The van der Waals surface area contributed by atoms with Crippen molar-refractivity contribution < 1.29 is 23.5 Å². The second-order valence-corrected chi connectivity index (χ2v) is 8.29. The predicted molar refractivity (Wildman–Crippen MR) is 129 cm³/mol. The number of nitrogens with one attached hydrogen (secondary N) is 2. The average molecular weight is 478 g/mol. The van der Waals surface area contributed by atoms with Crippen LogP contribution in [-0.2, 0) is 14.3 Å². The molecule has 0 unspecified atom stereocenters. The van der Waals surface area contributed by atoms with Crippen LogP contribution in [0.15, 0.2) is 54.6 Å². The predicted octanol–water partition coefficient (Wildman–Crippen LogP) is 2.92. The van der Waals surface area contributed by atoms with Crippen LogP contribution in [0.25, 0.3) is 0 Å². The van der Waals surface area contributed by atoms with Crippen LogP contribution in [0, 0.1) is 5.82 Å². The number of hydrogen-bond donors (Lipinski definition) is 2. The van der Waals surface area contributed by atoms with Crippen LogP contribution in [-0.4, -0.2) is 74.7 Å². The maximum atomic E-state index is 12.6. The van der Waals surface area contributed by atoms with Crippen LogP contribution >= 0.6 is 11.8 Å². The largest absolute Gasteiger partial charge is 0.457 e. The fourth-order valence-electron chi connectivity index (χ4n) is 2.79. The molecule has 0 spiro atoms. The van der Waals surface area contributed by atoms with Gasteiger partial charge in [0.25, 0.3) is 0 Å². The van der Waals surface area contributed by atoms with Gasteiger partial charge in [0, 0.05) is 26.7 Å². The van der Waals surface area contributed by atoms with Gasteiger partial charge >= 0.3 is 0 Å². The molecule has 7 nitrogen and oxygen atoms in total. The number of morpholine rings is 1. The molecule has 0 aliphatic carbocycles. The summed E-state index contributed by atoms with van der Waals surface area (Å²) in [5.74, 6) is 3.17. The number of carbonyl (C=O) groups excluding carboxylic acids is 2. The molecule has 2 N–H and O–H groups in total. The van der Waals surface area contributed by atoms with E-state index in [1.54, 1.807) is 30.9 Å². The van der Waals surface area contributed by atoms with Crippen molar-refractivity contribution in [2.75, 3.05) is 57.9 Å². The fraction of sp³-hybridized carbons (Fsp3) is 0.417. The van der Waals surface area contributed by atoms with E-state index in [2.05, 4.69) is 15.5 Å². The lowest BCUT2D eigenvalue weighted by molar-refractivity contribution is -0.122. The molecule has 0 atom stereocenters. The Morgan fingerprint density at radius 1 is 1.12 bits per heavy atom. The molecule has 180 valence electrons. The first-order valence-electron chi connectivity index (χ1n) is 10.9. The van der Waals surface area contributed by atoms with Crippen molar-refractivity contribution in [3.05, 3.63) is 60.4 Å². The second-order valence-electron chi connectivity index (χ2n) is 7.19. The molecule has 0 aromatic heterocycles. The summed E-state index contributed by atoms with van der Waals surface area (Å²) in [6.45, 7) is 4.60. The molecule has 2 saturated heterocycles. The molecule has 33 heavy (non-hydrogen) atoms. The summed E-state index contributed by atoms with van der Waals surface area (Å²) in [5.41, 5.74) is 0. The molecular formula is C24H32FN3O4S. The molecular weight excluding hydrogens is 445 g/mol. The molecule has 2 aliphatic heterocycles. The van der Waals surface area contributed by atoms with Gasteiger partial charge in [-0.2, -0.15) is 11.8 Å². The van der Waals surface area contributed by atoms with Gasteiger partial charge in [0.1, 0.15) is 17.3 Å². The summed E-state index contributed by atoms with van der Waals surface area (Å²) >= 11 is 1.71. The topological polar surface area (TPSA) is 79.9 Å².